The third kappa shape index (κ3) is 2.66. The number of aromatic nitrogens is 4. The molecule has 142 valence electrons. The zero-order valence-electron chi connectivity index (χ0n) is 16.0. The van der Waals surface area contributed by atoms with Crippen molar-refractivity contribution in [2.24, 2.45) is 0 Å². The van der Waals surface area contributed by atoms with Crippen molar-refractivity contribution in [2.45, 2.75) is 6.92 Å². The van der Waals surface area contributed by atoms with Crippen LogP contribution in [0.5, 0.6) is 5.75 Å². The predicted octanol–water partition coefficient (Wildman–Crippen LogP) is 2.90. The van der Waals surface area contributed by atoms with Crippen LogP contribution in [-0.2, 0) is 0 Å². The molecule has 0 aliphatic carbocycles. The molecular formula is C21H22N6O. The van der Waals surface area contributed by atoms with Crippen LogP contribution in [-0.4, -0.2) is 53.5 Å². The van der Waals surface area contributed by atoms with Gasteiger partial charge in [-0.1, -0.05) is 6.07 Å². The van der Waals surface area contributed by atoms with E-state index in [0.717, 1.165) is 70.7 Å². The molecule has 2 aromatic heterocycles. The molecule has 28 heavy (non-hydrogen) atoms. The number of aryl methyl sites for hydroxylation is 1. The minimum Gasteiger partial charge on any atom is -0.496 e. The molecule has 0 amide bonds. The second kappa shape index (κ2) is 6.76. The largest absolute Gasteiger partial charge is 0.496 e. The van der Waals surface area contributed by atoms with Gasteiger partial charge < -0.3 is 15.0 Å². The van der Waals surface area contributed by atoms with Crippen LogP contribution in [0.15, 0.2) is 36.8 Å². The first-order valence-corrected chi connectivity index (χ1v) is 9.48. The monoisotopic (exact) mass is 374 g/mol. The summed E-state index contributed by atoms with van der Waals surface area (Å²) in [5, 5.41) is 12.7. The quantitative estimate of drug-likeness (QED) is 0.574. The number of benzene rings is 2. The average Bonchev–Trinajstić information content (AvgIpc) is 3.21. The van der Waals surface area contributed by atoms with Crippen molar-refractivity contribution in [3.63, 3.8) is 0 Å². The highest BCUT2D eigenvalue weighted by Crippen LogP contribution is 2.39. The molecular weight excluding hydrogens is 352 g/mol. The van der Waals surface area contributed by atoms with Crippen LogP contribution in [0.1, 0.15) is 5.56 Å². The average molecular weight is 374 g/mol. The van der Waals surface area contributed by atoms with Crippen molar-refractivity contribution < 1.29 is 4.74 Å². The van der Waals surface area contributed by atoms with Gasteiger partial charge in [0.15, 0.2) is 0 Å². The van der Waals surface area contributed by atoms with Gasteiger partial charge in [0.05, 0.1) is 29.7 Å². The molecule has 1 saturated heterocycles. The molecule has 4 aromatic rings. The number of anilines is 1. The number of hydrogen-bond acceptors (Lipinski definition) is 6. The Hall–Kier alpha value is -3.19. The topological polar surface area (TPSA) is 79.0 Å². The van der Waals surface area contributed by atoms with Crippen LogP contribution in [0.3, 0.4) is 0 Å². The Morgan fingerprint density at radius 2 is 1.96 bits per heavy atom. The molecule has 0 unspecified atom stereocenters. The van der Waals surface area contributed by atoms with Gasteiger partial charge in [-0.15, -0.1) is 0 Å². The maximum atomic E-state index is 5.81. The summed E-state index contributed by atoms with van der Waals surface area (Å²) in [5.74, 6) is 1.73. The van der Waals surface area contributed by atoms with E-state index in [4.69, 9.17) is 4.74 Å². The molecule has 2 N–H and O–H groups in total. The van der Waals surface area contributed by atoms with E-state index in [9.17, 15) is 0 Å². The van der Waals surface area contributed by atoms with E-state index in [1.54, 1.807) is 13.4 Å². The summed E-state index contributed by atoms with van der Waals surface area (Å²) in [6.07, 6.45) is 3.52. The summed E-state index contributed by atoms with van der Waals surface area (Å²) in [6, 6.07) is 8.38. The van der Waals surface area contributed by atoms with Gasteiger partial charge in [0, 0.05) is 31.6 Å². The number of fused-ring (bicyclic) bond motifs is 2. The van der Waals surface area contributed by atoms with Crippen molar-refractivity contribution in [1.82, 2.24) is 25.5 Å². The number of H-pyrrole nitrogens is 1. The Morgan fingerprint density at radius 3 is 2.79 bits per heavy atom. The second-order valence-corrected chi connectivity index (χ2v) is 7.10. The zero-order chi connectivity index (χ0) is 19.1. The maximum absolute atomic E-state index is 5.81. The normalized spacial score (nSPS) is 14.7. The molecule has 0 spiro atoms. The number of methoxy groups -OCH3 is 1. The van der Waals surface area contributed by atoms with Gasteiger partial charge in [-0.3, -0.25) is 5.10 Å². The molecule has 1 fully saturated rings. The lowest BCUT2D eigenvalue weighted by Gasteiger charge is -2.29. The lowest BCUT2D eigenvalue weighted by molar-refractivity contribution is 0.419. The highest BCUT2D eigenvalue weighted by Gasteiger charge is 2.20. The third-order valence-corrected chi connectivity index (χ3v) is 5.44. The first-order chi connectivity index (χ1) is 13.8. The first-order valence-electron chi connectivity index (χ1n) is 9.48. The molecule has 1 aliphatic rings. The van der Waals surface area contributed by atoms with E-state index in [0.29, 0.717) is 0 Å². The fraction of sp³-hybridized carbons (Fsp3) is 0.286. The van der Waals surface area contributed by atoms with Crippen molar-refractivity contribution >= 4 is 27.6 Å². The molecule has 0 saturated carbocycles. The number of piperazine rings is 1. The van der Waals surface area contributed by atoms with Crippen LogP contribution in [0.2, 0.25) is 0 Å². The number of aromatic amines is 1. The van der Waals surface area contributed by atoms with Gasteiger partial charge in [-0.2, -0.15) is 5.10 Å². The van der Waals surface area contributed by atoms with E-state index >= 15 is 0 Å². The third-order valence-electron chi connectivity index (χ3n) is 5.44. The highest BCUT2D eigenvalue weighted by molar-refractivity contribution is 6.02. The predicted molar refractivity (Wildman–Crippen MR) is 111 cm³/mol. The zero-order valence-corrected chi connectivity index (χ0v) is 16.0. The Kier molecular flexibility index (Phi) is 4.09. The summed E-state index contributed by atoms with van der Waals surface area (Å²) in [7, 11) is 1.71. The molecule has 1 aliphatic heterocycles. The molecule has 7 heteroatoms. The van der Waals surface area contributed by atoms with Crippen LogP contribution >= 0.6 is 0 Å². The minimum atomic E-state index is 0.793. The summed E-state index contributed by atoms with van der Waals surface area (Å²) in [4.78, 5) is 11.5. The van der Waals surface area contributed by atoms with E-state index in [1.807, 2.05) is 6.20 Å². The van der Waals surface area contributed by atoms with Gasteiger partial charge >= 0.3 is 0 Å². The first kappa shape index (κ1) is 16.9. The number of rotatable bonds is 3. The summed E-state index contributed by atoms with van der Waals surface area (Å²) in [5.41, 5.74) is 5.31. The molecule has 0 bridgehead atoms. The van der Waals surface area contributed by atoms with Gasteiger partial charge in [0.2, 0.25) is 0 Å². The lowest BCUT2D eigenvalue weighted by atomic mass is 9.95. The Bertz CT molecular complexity index is 1160. The summed E-state index contributed by atoms with van der Waals surface area (Å²) < 4.78 is 5.81. The number of ether oxygens (including phenoxy) is 1. The minimum absolute atomic E-state index is 0.793. The second-order valence-electron chi connectivity index (χ2n) is 7.10. The SMILES string of the molecule is COc1cc(-c2c(C)ccc3[nH]ncc23)cc2ncnc(N3CCNCC3)c12. The Morgan fingerprint density at radius 1 is 1.11 bits per heavy atom. The standard InChI is InChI=1S/C21H22N6O/c1-13-3-4-16-15(11-25-26-16)19(13)14-9-17-20(18(10-14)28-2)21(24-12-23-17)27-7-5-22-6-8-27/h3-4,9-12,22H,5-8H2,1-2H3,(H,25,26). The number of hydrogen-bond donors (Lipinski definition) is 2. The number of nitrogens with zero attached hydrogens (tertiary/aromatic N) is 4. The summed E-state index contributed by atoms with van der Waals surface area (Å²) in [6.45, 7) is 5.86. The van der Waals surface area contributed by atoms with Gasteiger partial charge in [-0.25, -0.2) is 9.97 Å². The van der Waals surface area contributed by atoms with Crippen LogP contribution < -0.4 is 15.0 Å². The van der Waals surface area contributed by atoms with Crippen molar-refractivity contribution in [3.05, 3.63) is 42.4 Å². The Labute approximate surface area is 162 Å². The van der Waals surface area contributed by atoms with Gasteiger partial charge in [-0.05, 0) is 41.8 Å². The summed E-state index contributed by atoms with van der Waals surface area (Å²) >= 11 is 0. The van der Waals surface area contributed by atoms with E-state index in [1.165, 1.54) is 5.56 Å². The molecule has 0 radical (unpaired) electrons. The van der Waals surface area contributed by atoms with E-state index in [2.05, 4.69) is 61.6 Å². The molecule has 3 heterocycles. The van der Waals surface area contributed by atoms with Crippen LogP contribution in [0, 0.1) is 6.92 Å². The number of nitrogens with one attached hydrogen (secondary N) is 2. The van der Waals surface area contributed by atoms with Crippen molar-refractivity contribution in [2.75, 3.05) is 38.2 Å². The fourth-order valence-corrected chi connectivity index (χ4v) is 4.07. The van der Waals surface area contributed by atoms with E-state index in [-0.39, 0.29) is 0 Å². The fourth-order valence-electron chi connectivity index (χ4n) is 4.07. The Balaban J connectivity index is 1.74. The van der Waals surface area contributed by atoms with Gasteiger partial charge in [0.1, 0.15) is 17.9 Å². The molecule has 2 aromatic carbocycles. The van der Waals surface area contributed by atoms with E-state index < -0.39 is 0 Å². The van der Waals surface area contributed by atoms with Crippen LogP contribution in [0.25, 0.3) is 32.9 Å². The molecule has 5 rings (SSSR count). The van der Waals surface area contributed by atoms with Crippen LogP contribution in [0.4, 0.5) is 5.82 Å². The van der Waals surface area contributed by atoms with Crippen molar-refractivity contribution in [3.8, 4) is 16.9 Å². The smallest absolute Gasteiger partial charge is 0.143 e. The van der Waals surface area contributed by atoms with Crippen molar-refractivity contribution in [1.29, 1.82) is 0 Å². The highest BCUT2D eigenvalue weighted by atomic mass is 16.5. The molecule has 7 nitrogen and oxygen atoms in total. The van der Waals surface area contributed by atoms with Gasteiger partial charge in [0.25, 0.3) is 0 Å². The molecule has 0 atom stereocenters. The lowest BCUT2D eigenvalue weighted by Crippen LogP contribution is -2.44. The maximum Gasteiger partial charge on any atom is 0.143 e.